The molecule has 2 aromatic heterocycles. The minimum atomic E-state index is -2.61. The first-order chi connectivity index (χ1) is 13.6. The number of aromatic nitrogens is 3. The maximum Gasteiger partial charge on any atom is 0.264 e. The molecule has 4 rings (SSSR count). The van der Waals surface area contributed by atoms with Crippen molar-refractivity contribution in [3.63, 3.8) is 0 Å². The average Bonchev–Trinajstić information content (AvgIpc) is 2.74. The van der Waals surface area contributed by atoms with E-state index in [1.807, 2.05) is 6.92 Å². The third kappa shape index (κ3) is 3.90. The van der Waals surface area contributed by atoms with Gasteiger partial charge >= 0.3 is 0 Å². The number of hydrogen-bond donors (Lipinski definition) is 0. The molecule has 0 amide bonds. The predicted molar refractivity (Wildman–Crippen MR) is 101 cm³/mol. The van der Waals surface area contributed by atoms with Gasteiger partial charge in [0.2, 0.25) is 5.95 Å². The van der Waals surface area contributed by atoms with E-state index in [9.17, 15) is 8.78 Å². The number of morpholine rings is 2. The van der Waals surface area contributed by atoms with Gasteiger partial charge in [-0.2, -0.15) is 4.98 Å². The van der Waals surface area contributed by atoms with Crippen molar-refractivity contribution in [1.29, 1.82) is 0 Å². The Labute approximate surface area is 162 Å². The second-order valence-corrected chi connectivity index (χ2v) is 6.89. The summed E-state index contributed by atoms with van der Waals surface area (Å²) in [7, 11) is 0. The van der Waals surface area contributed by atoms with Crippen LogP contribution in [0, 0.1) is 0 Å². The van der Waals surface area contributed by atoms with Crippen LogP contribution in [0.15, 0.2) is 24.5 Å². The van der Waals surface area contributed by atoms with Crippen LogP contribution in [0.3, 0.4) is 0 Å². The van der Waals surface area contributed by atoms with Crippen LogP contribution in [0.2, 0.25) is 0 Å². The molecule has 9 heteroatoms. The minimum Gasteiger partial charge on any atom is -0.378 e. The third-order valence-corrected chi connectivity index (χ3v) is 5.03. The SMILES string of the molecule is C[C@H]1COCCN1c1nc(-c2cnccc2C(F)F)cc(N2CCOCC2)n1. The smallest absolute Gasteiger partial charge is 0.264 e. The topological polar surface area (TPSA) is 63.6 Å². The van der Waals surface area contributed by atoms with E-state index in [-0.39, 0.29) is 11.6 Å². The fourth-order valence-electron chi connectivity index (χ4n) is 3.48. The third-order valence-electron chi connectivity index (χ3n) is 5.03. The number of anilines is 2. The molecule has 4 heterocycles. The first kappa shape index (κ1) is 18.9. The zero-order chi connectivity index (χ0) is 19.5. The molecule has 2 aliphatic heterocycles. The molecule has 150 valence electrons. The molecular formula is C19H23F2N5O2. The minimum absolute atomic E-state index is 0.0809. The number of alkyl halides is 2. The Morgan fingerprint density at radius 2 is 1.89 bits per heavy atom. The van der Waals surface area contributed by atoms with Gasteiger partial charge in [0.1, 0.15) is 5.82 Å². The average molecular weight is 391 g/mol. The molecule has 0 bridgehead atoms. The maximum atomic E-state index is 13.6. The normalized spacial score (nSPS) is 20.6. The highest BCUT2D eigenvalue weighted by atomic mass is 19.3. The molecule has 0 aromatic carbocycles. The highest BCUT2D eigenvalue weighted by Gasteiger charge is 2.25. The zero-order valence-electron chi connectivity index (χ0n) is 15.7. The van der Waals surface area contributed by atoms with Gasteiger partial charge in [0, 0.05) is 49.2 Å². The van der Waals surface area contributed by atoms with Crippen molar-refractivity contribution >= 4 is 11.8 Å². The van der Waals surface area contributed by atoms with Crippen LogP contribution in [-0.4, -0.2) is 67.1 Å². The first-order valence-corrected chi connectivity index (χ1v) is 9.42. The molecule has 0 spiro atoms. The largest absolute Gasteiger partial charge is 0.378 e. The fourth-order valence-corrected chi connectivity index (χ4v) is 3.48. The molecule has 0 N–H and O–H groups in total. The lowest BCUT2D eigenvalue weighted by atomic mass is 10.1. The van der Waals surface area contributed by atoms with Gasteiger partial charge in [0.25, 0.3) is 6.43 Å². The van der Waals surface area contributed by atoms with Crippen LogP contribution in [0.1, 0.15) is 18.9 Å². The Hall–Kier alpha value is -2.39. The zero-order valence-corrected chi connectivity index (χ0v) is 15.7. The lowest BCUT2D eigenvalue weighted by Crippen LogP contribution is -2.45. The number of pyridine rings is 1. The number of ether oxygens (including phenoxy) is 2. The Kier molecular flexibility index (Phi) is 5.63. The molecule has 0 aliphatic carbocycles. The summed E-state index contributed by atoms with van der Waals surface area (Å²) in [6.07, 6.45) is 0.213. The van der Waals surface area contributed by atoms with Crippen LogP contribution >= 0.6 is 0 Å². The highest BCUT2D eigenvalue weighted by Crippen LogP contribution is 2.32. The molecule has 1 atom stereocenters. The number of rotatable bonds is 4. The summed E-state index contributed by atoms with van der Waals surface area (Å²) in [5.74, 6) is 1.24. The van der Waals surface area contributed by atoms with Gasteiger partial charge in [0.05, 0.1) is 38.2 Å². The van der Waals surface area contributed by atoms with Crippen LogP contribution in [0.5, 0.6) is 0 Å². The van der Waals surface area contributed by atoms with Crippen molar-refractivity contribution in [2.75, 3.05) is 55.9 Å². The van der Waals surface area contributed by atoms with E-state index in [0.717, 1.165) is 0 Å². The van der Waals surface area contributed by atoms with Crippen molar-refractivity contribution in [2.24, 2.45) is 0 Å². The van der Waals surface area contributed by atoms with E-state index in [4.69, 9.17) is 14.5 Å². The Morgan fingerprint density at radius 1 is 1.11 bits per heavy atom. The van der Waals surface area contributed by atoms with Crippen molar-refractivity contribution in [1.82, 2.24) is 15.0 Å². The van der Waals surface area contributed by atoms with Gasteiger partial charge in [-0.3, -0.25) is 4.98 Å². The monoisotopic (exact) mass is 391 g/mol. The number of halogens is 2. The summed E-state index contributed by atoms with van der Waals surface area (Å²) >= 11 is 0. The number of nitrogens with zero attached hydrogens (tertiary/aromatic N) is 5. The first-order valence-electron chi connectivity index (χ1n) is 9.42. The Balaban J connectivity index is 1.80. The maximum absolute atomic E-state index is 13.6. The number of hydrogen-bond acceptors (Lipinski definition) is 7. The summed E-state index contributed by atoms with van der Waals surface area (Å²) in [5, 5.41) is 0. The molecular weight excluding hydrogens is 368 g/mol. The molecule has 2 aliphatic rings. The van der Waals surface area contributed by atoms with E-state index in [2.05, 4.69) is 19.8 Å². The quantitative estimate of drug-likeness (QED) is 0.794. The molecule has 0 saturated carbocycles. The van der Waals surface area contributed by atoms with Crippen molar-refractivity contribution < 1.29 is 18.3 Å². The molecule has 28 heavy (non-hydrogen) atoms. The van der Waals surface area contributed by atoms with Gasteiger partial charge in [0.15, 0.2) is 0 Å². The highest BCUT2D eigenvalue weighted by molar-refractivity contribution is 5.68. The standard InChI is InChI=1S/C19H23F2N5O2/c1-13-12-28-9-6-26(13)19-23-16(15-11-22-3-2-14(15)18(20)21)10-17(24-19)25-4-7-27-8-5-25/h2-3,10-11,13,18H,4-9,12H2,1H3/t13-/m0/s1. The van der Waals surface area contributed by atoms with Gasteiger partial charge in [-0.1, -0.05) is 0 Å². The van der Waals surface area contributed by atoms with E-state index < -0.39 is 6.43 Å². The van der Waals surface area contributed by atoms with Crippen LogP contribution in [0.4, 0.5) is 20.5 Å². The van der Waals surface area contributed by atoms with Crippen LogP contribution in [0.25, 0.3) is 11.3 Å². The molecule has 2 saturated heterocycles. The van der Waals surface area contributed by atoms with Crippen LogP contribution < -0.4 is 9.80 Å². The summed E-state index contributed by atoms with van der Waals surface area (Å²) in [5.41, 5.74) is 0.702. The summed E-state index contributed by atoms with van der Waals surface area (Å²) in [6, 6.07) is 3.21. The van der Waals surface area contributed by atoms with Crippen LogP contribution in [-0.2, 0) is 9.47 Å². The van der Waals surface area contributed by atoms with E-state index in [0.29, 0.717) is 69.1 Å². The van der Waals surface area contributed by atoms with Gasteiger partial charge in [-0.05, 0) is 13.0 Å². The Bertz CT molecular complexity index is 817. The second kappa shape index (κ2) is 8.32. The Morgan fingerprint density at radius 3 is 2.64 bits per heavy atom. The lowest BCUT2D eigenvalue weighted by Gasteiger charge is -2.35. The molecule has 2 fully saturated rings. The van der Waals surface area contributed by atoms with Gasteiger partial charge in [-0.15, -0.1) is 0 Å². The summed E-state index contributed by atoms with van der Waals surface area (Å²) < 4.78 is 38.1. The summed E-state index contributed by atoms with van der Waals surface area (Å²) in [4.78, 5) is 17.6. The lowest BCUT2D eigenvalue weighted by molar-refractivity contribution is 0.0980. The molecule has 2 aromatic rings. The van der Waals surface area contributed by atoms with Gasteiger partial charge in [-0.25, -0.2) is 13.8 Å². The van der Waals surface area contributed by atoms with Gasteiger partial charge < -0.3 is 19.3 Å². The van der Waals surface area contributed by atoms with E-state index in [1.54, 1.807) is 6.07 Å². The second-order valence-electron chi connectivity index (χ2n) is 6.89. The van der Waals surface area contributed by atoms with Crippen molar-refractivity contribution in [2.45, 2.75) is 19.4 Å². The molecule has 0 radical (unpaired) electrons. The molecule has 7 nitrogen and oxygen atoms in total. The summed E-state index contributed by atoms with van der Waals surface area (Å²) in [6.45, 7) is 6.47. The fraction of sp³-hybridized carbons (Fsp3) is 0.526. The van der Waals surface area contributed by atoms with Crippen molar-refractivity contribution in [3.05, 3.63) is 30.1 Å². The van der Waals surface area contributed by atoms with E-state index >= 15 is 0 Å². The van der Waals surface area contributed by atoms with E-state index in [1.165, 1.54) is 18.5 Å². The predicted octanol–water partition coefficient (Wildman–Crippen LogP) is 2.54. The molecule has 0 unspecified atom stereocenters. The van der Waals surface area contributed by atoms with Crippen molar-refractivity contribution in [3.8, 4) is 11.3 Å².